The van der Waals surface area contributed by atoms with Crippen molar-refractivity contribution in [2.45, 2.75) is 83.4 Å². The van der Waals surface area contributed by atoms with Gasteiger partial charge in [0, 0.05) is 24.4 Å². The molecule has 2 fully saturated rings. The number of aliphatic hydroxyl groups is 1. The van der Waals surface area contributed by atoms with Gasteiger partial charge in [-0.1, -0.05) is 6.92 Å². The molecule has 10 nitrogen and oxygen atoms in total. The molecule has 3 aliphatic rings. The zero-order chi connectivity index (χ0) is 27.5. The van der Waals surface area contributed by atoms with Crippen LogP contribution < -0.4 is 4.90 Å². The highest BCUT2D eigenvalue weighted by atomic mass is 32.1. The molecule has 0 spiro atoms. The van der Waals surface area contributed by atoms with E-state index in [0.717, 1.165) is 26.1 Å². The topological polar surface area (TPSA) is 108 Å². The van der Waals surface area contributed by atoms with Gasteiger partial charge in [0.2, 0.25) is 5.82 Å². The van der Waals surface area contributed by atoms with Gasteiger partial charge in [-0.15, -0.1) is 21.5 Å². The molecule has 0 unspecified atom stereocenters. The molecule has 6 rings (SSSR count). The number of nitrogens with zero attached hydrogens (tertiary/aromatic N) is 6. The summed E-state index contributed by atoms with van der Waals surface area (Å²) in [6.45, 7) is 6.60. The maximum atomic E-state index is 13.4. The quantitative estimate of drug-likeness (QED) is 0.459. The van der Waals surface area contributed by atoms with Gasteiger partial charge in [-0.05, 0) is 38.7 Å². The number of rotatable bonds is 7. The summed E-state index contributed by atoms with van der Waals surface area (Å²) in [4.78, 5) is 13.8. The molecule has 0 bridgehead atoms. The summed E-state index contributed by atoms with van der Waals surface area (Å²) in [5.74, 6) is -0.0764. The molecule has 0 radical (unpaired) electrons. The maximum Gasteiger partial charge on any atom is 0.451 e. The van der Waals surface area contributed by atoms with E-state index in [0.29, 0.717) is 31.0 Å². The largest absolute Gasteiger partial charge is 0.451 e. The van der Waals surface area contributed by atoms with E-state index in [9.17, 15) is 18.3 Å². The van der Waals surface area contributed by atoms with Crippen molar-refractivity contribution < 1.29 is 32.5 Å². The molecule has 2 aliphatic heterocycles. The average molecular weight is 569 g/mol. The van der Waals surface area contributed by atoms with E-state index in [4.69, 9.17) is 24.2 Å². The molecule has 14 heteroatoms. The van der Waals surface area contributed by atoms with Crippen molar-refractivity contribution in [3.05, 3.63) is 28.4 Å². The Morgan fingerprint density at radius 1 is 1.18 bits per heavy atom. The zero-order valence-electron chi connectivity index (χ0n) is 21.9. The normalized spacial score (nSPS) is 26.4. The van der Waals surface area contributed by atoms with E-state index >= 15 is 0 Å². The third kappa shape index (κ3) is 5.01. The first-order valence-corrected chi connectivity index (χ1v) is 14.0. The van der Waals surface area contributed by atoms with Gasteiger partial charge in [-0.2, -0.15) is 13.2 Å². The van der Waals surface area contributed by atoms with Gasteiger partial charge in [0.25, 0.3) is 0 Å². The highest BCUT2D eigenvalue weighted by molar-refractivity contribution is 7.18. The maximum absolute atomic E-state index is 13.4. The second kappa shape index (κ2) is 9.91. The van der Waals surface area contributed by atoms with E-state index in [1.807, 2.05) is 18.7 Å². The summed E-state index contributed by atoms with van der Waals surface area (Å²) >= 11 is 1.60. The van der Waals surface area contributed by atoms with Gasteiger partial charge < -0.3 is 28.8 Å². The summed E-state index contributed by atoms with van der Waals surface area (Å²) in [5, 5.41) is 17.4. The Bertz CT molecular complexity index is 1360. The minimum absolute atomic E-state index is 0.0372. The van der Waals surface area contributed by atoms with Crippen LogP contribution in [0.15, 0.2) is 6.07 Å². The highest BCUT2D eigenvalue weighted by Gasteiger charge is 2.54. The molecular weight excluding hydrogens is 537 g/mol. The number of hydrogen-bond donors (Lipinski definition) is 1. The standard InChI is InChI=1S/C25H31F3N6O4S/c1-4-14-11-15-21(33-5-6-34-18(12-33)31-32-23(34)25(26,27)28)29-17(30-22(15)39-14)10-13-9-16(36-8-7-35)20-19(13)37-24(2,3)38-20/h11,13,16,19-20,35H,4-10,12H2,1-3H3/t13-,16-,19-,20+/m0/s1. The number of anilines is 1. The average Bonchev–Trinajstić information content (AvgIpc) is 3.63. The fourth-order valence-electron chi connectivity index (χ4n) is 5.89. The molecule has 1 saturated heterocycles. The van der Waals surface area contributed by atoms with E-state index in [-0.39, 0.29) is 56.4 Å². The van der Waals surface area contributed by atoms with Crippen LogP contribution in [0.2, 0.25) is 0 Å². The molecule has 39 heavy (non-hydrogen) atoms. The number of hydrogen-bond acceptors (Lipinski definition) is 10. The summed E-state index contributed by atoms with van der Waals surface area (Å²) in [7, 11) is 0. The first kappa shape index (κ1) is 26.8. The van der Waals surface area contributed by atoms with Crippen molar-refractivity contribution in [3.8, 4) is 0 Å². The van der Waals surface area contributed by atoms with Crippen molar-refractivity contribution in [1.29, 1.82) is 0 Å². The van der Waals surface area contributed by atoms with Gasteiger partial charge in [-0.25, -0.2) is 9.97 Å². The molecule has 212 valence electrons. The fraction of sp³-hybridized carbons (Fsp3) is 0.680. The van der Waals surface area contributed by atoms with Crippen molar-refractivity contribution in [2.75, 3.05) is 24.7 Å². The van der Waals surface area contributed by atoms with E-state index < -0.39 is 17.8 Å². The van der Waals surface area contributed by atoms with Crippen LogP contribution >= 0.6 is 11.3 Å². The minimum Gasteiger partial charge on any atom is -0.394 e. The molecule has 3 aromatic rings. The molecule has 5 heterocycles. The van der Waals surface area contributed by atoms with Gasteiger partial charge >= 0.3 is 6.18 Å². The van der Waals surface area contributed by atoms with Crippen molar-refractivity contribution in [1.82, 2.24) is 24.7 Å². The molecule has 3 aromatic heterocycles. The number of alkyl halides is 3. The Balaban J connectivity index is 1.31. The summed E-state index contributed by atoms with van der Waals surface area (Å²) in [6, 6.07) is 2.07. The second-order valence-corrected chi connectivity index (χ2v) is 11.8. The molecule has 1 saturated carbocycles. The zero-order valence-corrected chi connectivity index (χ0v) is 22.8. The number of ether oxygens (including phenoxy) is 3. The second-order valence-electron chi connectivity index (χ2n) is 10.7. The van der Waals surface area contributed by atoms with Gasteiger partial charge in [0.05, 0.1) is 37.4 Å². The predicted molar refractivity (Wildman–Crippen MR) is 135 cm³/mol. The first-order valence-electron chi connectivity index (χ1n) is 13.2. The third-order valence-corrected chi connectivity index (χ3v) is 8.70. The van der Waals surface area contributed by atoms with E-state index in [2.05, 4.69) is 23.2 Å². The van der Waals surface area contributed by atoms with E-state index in [1.165, 1.54) is 0 Å². The SMILES string of the molecule is CCc1cc2c(N3CCn4c(nnc4C(F)(F)F)C3)nc(C[C@@H]3C[C@H](OCCO)[C@H]4OC(C)(C)O[C@@H]34)nc2s1. The molecule has 0 amide bonds. The molecule has 4 atom stereocenters. The number of aryl methyl sites for hydroxylation is 1. The smallest absolute Gasteiger partial charge is 0.394 e. The van der Waals surface area contributed by atoms with Crippen LogP contribution in [0.4, 0.5) is 19.0 Å². The predicted octanol–water partition coefficient (Wildman–Crippen LogP) is 3.34. The lowest BCUT2D eigenvalue weighted by Crippen LogP contribution is -2.36. The van der Waals surface area contributed by atoms with Crippen LogP contribution in [0, 0.1) is 5.92 Å². The molecular formula is C25H31F3N6O4S. The Kier molecular flexibility index (Phi) is 6.81. The van der Waals surface area contributed by atoms with E-state index in [1.54, 1.807) is 11.3 Å². The summed E-state index contributed by atoms with van der Waals surface area (Å²) in [5.41, 5.74) is 0. The van der Waals surface area contributed by atoms with Crippen LogP contribution in [-0.2, 0) is 46.3 Å². The van der Waals surface area contributed by atoms with Gasteiger partial charge in [0.1, 0.15) is 22.6 Å². The number of fused-ring (bicyclic) bond motifs is 3. The fourth-order valence-corrected chi connectivity index (χ4v) is 6.87. The molecule has 0 aromatic carbocycles. The Labute approximate surface area is 227 Å². The Hall–Kier alpha value is -2.39. The number of thiophene rings is 1. The monoisotopic (exact) mass is 568 g/mol. The lowest BCUT2D eigenvalue weighted by Gasteiger charge is -2.29. The van der Waals surface area contributed by atoms with Crippen LogP contribution in [-0.4, -0.2) is 73.7 Å². The molecule has 1 aliphatic carbocycles. The van der Waals surface area contributed by atoms with Gasteiger partial charge in [-0.3, -0.25) is 0 Å². The van der Waals surface area contributed by atoms with Crippen molar-refractivity contribution in [3.63, 3.8) is 0 Å². The Morgan fingerprint density at radius 3 is 2.72 bits per heavy atom. The van der Waals surface area contributed by atoms with Crippen LogP contribution in [0.25, 0.3) is 10.2 Å². The lowest BCUT2D eigenvalue weighted by atomic mass is 10.0. The van der Waals surface area contributed by atoms with Crippen LogP contribution in [0.3, 0.4) is 0 Å². The van der Waals surface area contributed by atoms with Crippen molar-refractivity contribution >= 4 is 27.4 Å². The minimum atomic E-state index is -4.55. The highest BCUT2D eigenvalue weighted by Crippen LogP contribution is 2.44. The summed E-state index contributed by atoms with van der Waals surface area (Å²) in [6.07, 6.45) is -3.15. The summed E-state index contributed by atoms with van der Waals surface area (Å²) < 4.78 is 59.5. The van der Waals surface area contributed by atoms with Crippen molar-refractivity contribution in [2.24, 2.45) is 5.92 Å². The van der Waals surface area contributed by atoms with Gasteiger partial charge in [0.15, 0.2) is 11.6 Å². The number of halogens is 3. The number of aliphatic hydroxyl groups excluding tert-OH is 1. The van der Waals surface area contributed by atoms with Crippen LogP contribution in [0.1, 0.15) is 49.5 Å². The number of aromatic nitrogens is 5. The lowest BCUT2D eigenvalue weighted by molar-refractivity contribution is -0.171. The van der Waals surface area contributed by atoms with Crippen LogP contribution in [0.5, 0.6) is 0 Å². The Morgan fingerprint density at radius 2 is 1.97 bits per heavy atom. The molecule has 1 N–H and O–H groups in total. The first-order chi connectivity index (χ1) is 18.6. The third-order valence-electron chi connectivity index (χ3n) is 7.52.